The molecular formula is C16H16FNO. The lowest BCUT2D eigenvalue weighted by Crippen LogP contribution is -2.14. The summed E-state index contributed by atoms with van der Waals surface area (Å²) in [6.45, 7) is 0. The van der Waals surface area contributed by atoms with Crippen LogP contribution in [0.5, 0.6) is 0 Å². The molecule has 1 aliphatic rings. The Bertz CT molecular complexity index is 563. The molecule has 98 valence electrons. The van der Waals surface area contributed by atoms with E-state index in [1.807, 2.05) is 18.2 Å². The SMILES string of the molecule is OC(c1ccc(F)cn1)c1ccccc1C1CCC1. The zero-order valence-electron chi connectivity index (χ0n) is 10.6. The van der Waals surface area contributed by atoms with Crippen LogP contribution >= 0.6 is 0 Å². The molecule has 1 atom stereocenters. The average molecular weight is 257 g/mol. The summed E-state index contributed by atoms with van der Waals surface area (Å²) in [6, 6.07) is 10.8. The fourth-order valence-electron chi connectivity index (χ4n) is 2.56. The summed E-state index contributed by atoms with van der Waals surface area (Å²) < 4.78 is 12.9. The van der Waals surface area contributed by atoms with Gasteiger partial charge in [-0.3, -0.25) is 4.98 Å². The van der Waals surface area contributed by atoms with Gasteiger partial charge in [0.05, 0.1) is 11.9 Å². The number of aliphatic hydroxyl groups excluding tert-OH is 1. The highest BCUT2D eigenvalue weighted by molar-refractivity contribution is 5.36. The van der Waals surface area contributed by atoms with Crippen LogP contribution in [-0.4, -0.2) is 10.1 Å². The minimum atomic E-state index is -0.780. The second-order valence-electron chi connectivity index (χ2n) is 5.06. The molecule has 1 aromatic heterocycles. The Morgan fingerprint density at radius 1 is 1.16 bits per heavy atom. The molecule has 0 radical (unpaired) electrons. The molecule has 0 aliphatic heterocycles. The lowest BCUT2D eigenvalue weighted by molar-refractivity contribution is 0.212. The Hall–Kier alpha value is -1.74. The van der Waals surface area contributed by atoms with E-state index < -0.39 is 6.10 Å². The minimum Gasteiger partial charge on any atom is -0.382 e. The first-order valence-corrected chi connectivity index (χ1v) is 6.64. The summed E-state index contributed by atoms with van der Waals surface area (Å²) >= 11 is 0. The van der Waals surface area contributed by atoms with Crippen LogP contribution in [0.15, 0.2) is 42.6 Å². The number of halogens is 1. The van der Waals surface area contributed by atoms with Crippen LogP contribution in [0.2, 0.25) is 0 Å². The molecular weight excluding hydrogens is 241 g/mol. The van der Waals surface area contributed by atoms with Gasteiger partial charge >= 0.3 is 0 Å². The molecule has 2 aromatic rings. The number of hydrogen-bond acceptors (Lipinski definition) is 2. The lowest BCUT2D eigenvalue weighted by Gasteiger charge is -2.29. The van der Waals surface area contributed by atoms with Crippen molar-refractivity contribution in [1.29, 1.82) is 0 Å². The van der Waals surface area contributed by atoms with Crippen molar-refractivity contribution in [2.75, 3.05) is 0 Å². The molecule has 1 aliphatic carbocycles. The summed E-state index contributed by atoms with van der Waals surface area (Å²) in [4.78, 5) is 3.97. The van der Waals surface area contributed by atoms with Crippen molar-refractivity contribution in [2.45, 2.75) is 31.3 Å². The van der Waals surface area contributed by atoms with Crippen molar-refractivity contribution < 1.29 is 9.50 Å². The van der Waals surface area contributed by atoms with E-state index in [4.69, 9.17) is 0 Å². The Balaban J connectivity index is 1.94. The minimum absolute atomic E-state index is 0.386. The number of aromatic nitrogens is 1. The maximum Gasteiger partial charge on any atom is 0.141 e. The molecule has 1 N–H and O–H groups in total. The molecule has 0 spiro atoms. The fourth-order valence-corrected chi connectivity index (χ4v) is 2.56. The van der Waals surface area contributed by atoms with E-state index in [0.717, 1.165) is 11.8 Å². The van der Waals surface area contributed by atoms with Crippen molar-refractivity contribution in [3.05, 3.63) is 65.2 Å². The van der Waals surface area contributed by atoms with E-state index in [1.165, 1.54) is 37.0 Å². The van der Waals surface area contributed by atoms with Crippen LogP contribution in [-0.2, 0) is 0 Å². The number of nitrogens with zero attached hydrogens (tertiary/aromatic N) is 1. The van der Waals surface area contributed by atoms with Gasteiger partial charge in [0, 0.05) is 0 Å². The third kappa shape index (κ3) is 2.38. The maximum absolute atomic E-state index is 12.9. The van der Waals surface area contributed by atoms with Crippen molar-refractivity contribution in [2.24, 2.45) is 0 Å². The second kappa shape index (κ2) is 5.10. The molecule has 1 unspecified atom stereocenters. The van der Waals surface area contributed by atoms with Crippen LogP contribution in [0.3, 0.4) is 0 Å². The van der Waals surface area contributed by atoms with E-state index >= 15 is 0 Å². The largest absolute Gasteiger partial charge is 0.382 e. The summed E-state index contributed by atoms with van der Waals surface area (Å²) in [5.41, 5.74) is 2.59. The predicted molar refractivity (Wildman–Crippen MR) is 71.3 cm³/mol. The summed E-state index contributed by atoms with van der Waals surface area (Å²) in [5, 5.41) is 10.4. The fraction of sp³-hybridized carbons (Fsp3) is 0.312. The Labute approximate surface area is 111 Å². The molecule has 1 aromatic carbocycles. The van der Waals surface area contributed by atoms with Crippen LogP contribution in [0.4, 0.5) is 4.39 Å². The van der Waals surface area contributed by atoms with Crippen LogP contribution in [0.25, 0.3) is 0 Å². The molecule has 0 bridgehead atoms. The number of rotatable bonds is 3. The van der Waals surface area contributed by atoms with Gasteiger partial charge in [-0.1, -0.05) is 30.7 Å². The first kappa shape index (κ1) is 12.3. The van der Waals surface area contributed by atoms with E-state index in [-0.39, 0.29) is 5.82 Å². The molecule has 0 amide bonds. The van der Waals surface area contributed by atoms with E-state index in [9.17, 15) is 9.50 Å². The Morgan fingerprint density at radius 2 is 1.95 bits per heavy atom. The lowest BCUT2D eigenvalue weighted by atomic mass is 9.77. The third-order valence-electron chi connectivity index (χ3n) is 3.87. The van der Waals surface area contributed by atoms with Crippen molar-refractivity contribution >= 4 is 0 Å². The van der Waals surface area contributed by atoms with Crippen molar-refractivity contribution in [3.8, 4) is 0 Å². The molecule has 1 fully saturated rings. The quantitative estimate of drug-likeness (QED) is 0.911. The van der Waals surface area contributed by atoms with Gasteiger partial charge < -0.3 is 5.11 Å². The molecule has 1 heterocycles. The monoisotopic (exact) mass is 257 g/mol. The van der Waals surface area contributed by atoms with Crippen LogP contribution in [0.1, 0.15) is 48.1 Å². The van der Waals surface area contributed by atoms with Gasteiger partial charge in [-0.15, -0.1) is 0 Å². The van der Waals surface area contributed by atoms with Gasteiger partial charge in [-0.25, -0.2) is 4.39 Å². The topological polar surface area (TPSA) is 33.1 Å². The summed E-state index contributed by atoms with van der Waals surface area (Å²) in [5.74, 6) is 0.162. The average Bonchev–Trinajstić information content (AvgIpc) is 2.37. The van der Waals surface area contributed by atoms with Gasteiger partial charge in [0.25, 0.3) is 0 Å². The molecule has 3 rings (SSSR count). The second-order valence-corrected chi connectivity index (χ2v) is 5.06. The number of hydrogen-bond donors (Lipinski definition) is 1. The highest BCUT2D eigenvalue weighted by Gasteiger charge is 2.25. The van der Waals surface area contributed by atoms with E-state index in [2.05, 4.69) is 11.1 Å². The van der Waals surface area contributed by atoms with Crippen LogP contribution < -0.4 is 0 Å². The zero-order valence-corrected chi connectivity index (χ0v) is 10.6. The molecule has 0 saturated heterocycles. The first-order valence-electron chi connectivity index (χ1n) is 6.64. The normalized spacial score (nSPS) is 16.9. The van der Waals surface area contributed by atoms with Gasteiger partial charge in [-0.05, 0) is 42.0 Å². The Morgan fingerprint density at radius 3 is 2.58 bits per heavy atom. The van der Waals surface area contributed by atoms with Crippen molar-refractivity contribution in [3.63, 3.8) is 0 Å². The van der Waals surface area contributed by atoms with E-state index in [0.29, 0.717) is 11.6 Å². The molecule has 2 nitrogen and oxygen atoms in total. The Kier molecular flexibility index (Phi) is 3.30. The summed E-state index contributed by atoms with van der Waals surface area (Å²) in [6.07, 6.45) is 3.98. The van der Waals surface area contributed by atoms with Crippen LogP contribution in [0, 0.1) is 5.82 Å². The zero-order chi connectivity index (χ0) is 13.2. The maximum atomic E-state index is 12.9. The number of aliphatic hydroxyl groups is 1. The molecule has 3 heteroatoms. The van der Waals surface area contributed by atoms with Gasteiger partial charge in [0.15, 0.2) is 0 Å². The first-order chi connectivity index (χ1) is 9.25. The number of pyridine rings is 1. The van der Waals surface area contributed by atoms with Gasteiger partial charge in [0.1, 0.15) is 11.9 Å². The third-order valence-corrected chi connectivity index (χ3v) is 3.87. The van der Waals surface area contributed by atoms with Gasteiger partial charge in [-0.2, -0.15) is 0 Å². The smallest absolute Gasteiger partial charge is 0.141 e. The van der Waals surface area contributed by atoms with Crippen molar-refractivity contribution in [1.82, 2.24) is 4.98 Å². The highest BCUT2D eigenvalue weighted by Crippen LogP contribution is 2.40. The summed E-state index contributed by atoms with van der Waals surface area (Å²) in [7, 11) is 0. The number of benzene rings is 1. The highest BCUT2D eigenvalue weighted by atomic mass is 19.1. The molecule has 1 saturated carbocycles. The standard InChI is InChI=1S/C16H16FNO/c17-12-8-9-15(18-10-12)16(19)14-7-2-1-6-13(14)11-4-3-5-11/h1-2,6-11,16,19H,3-5H2. The van der Waals surface area contributed by atoms with E-state index in [1.54, 1.807) is 0 Å². The van der Waals surface area contributed by atoms with Gasteiger partial charge in [0.2, 0.25) is 0 Å². The predicted octanol–water partition coefficient (Wildman–Crippen LogP) is 3.57. The molecule has 19 heavy (non-hydrogen) atoms.